The van der Waals surface area contributed by atoms with E-state index in [4.69, 9.17) is 5.73 Å². The van der Waals surface area contributed by atoms with Crippen molar-refractivity contribution in [1.82, 2.24) is 9.97 Å². The lowest BCUT2D eigenvalue weighted by atomic mass is 9.97. The highest BCUT2D eigenvalue weighted by Crippen LogP contribution is 2.23. The lowest BCUT2D eigenvalue weighted by Crippen LogP contribution is -2.41. The van der Waals surface area contributed by atoms with Gasteiger partial charge in [-0.25, -0.2) is 9.97 Å². The summed E-state index contributed by atoms with van der Waals surface area (Å²) in [4.78, 5) is 47.7. The zero-order chi connectivity index (χ0) is 23.2. The third-order valence-corrected chi connectivity index (χ3v) is 6.92. The zero-order valence-corrected chi connectivity index (χ0v) is 19.5. The number of thiophene rings is 1. The standard InChI is InChI=1S/C22H24N6O3S2/c23-21(31)14-3-1-7-28(12-14)18-6-5-15(11-24-18)25-19(29)9-16-13-33-22(26-16)27-20(30)10-17-4-2-8-32-17/h2,4-6,8,11,13-14H,1,3,7,9-10,12H2,(H2,23,31)(H,25,29)(H,26,27,30). The highest BCUT2D eigenvalue weighted by molar-refractivity contribution is 7.14. The molecular weight excluding hydrogens is 460 g/mol. The van der Waals surface area contributed by atoms with Crippen LogP contribution in [0.1, 0.15) is 23.4 Å². The molecular formula is C22H24N6O3S2. The number of anilines is 3. The fraction of sp³-hybridized carbons (Fsp3) is 0.318. The molecule has 1 fully saturated rings. The van der Waals surface area contributed by atoms with Crippen molar-refractivity contribution >= 4 is 57.0 Å². The van der Waals surface area contributed by atoms with Crippen molar-refractivity contribution in [3.8, 4) is 0 Å². The topological polar surface area (TPSA) is 130 Å². The number of hydrogen-bond acceptors (Lipinski definition) is 8. The molecule has 3 amide bonds. The number of primary amides is 1. The maximum absolute atomic E-state index is 12.4. The Hall–Kier alpha value is -3.31. The summed E-state index contributed by atoms with van der Waals surface area (Å²) in [6, 6.07) is 7.42. The first-order valence-corrected chi connectivity index (χ1v) is 12.3. The molecule has 0 aromatic carbocycles. The van der Waals surface area contributed by atoms with Crippen molar-refractivity contribution in [1.29, 1.82) is 0 Å². The molecule has 0 spiro atoms. The van der Waals surface area contributed by atoms with Crippen molar-refractivity contribution in [3.63, 3.8) is 0 Å². The first kappa shape index (κ1) is 22.9. The van der Waals surface area contributed by atoms with Crippen LogP contribution in [0.4, 0.5) is 16.6 Å². The molecule has 0 radical (unpaired) electrons. The third kappa shape index (κ3) is 6.36. The van der Waals surface area contributed by atoms with Gasteiger partial charge >= 0.3 is 0 Å². The molecule has 33 heavy (non-hydrogen) atoms. The fourth-order valence-corrected chi connectivity index (χ4v) is 5.04. The SMILES string of the molecule is NC(=O)C1CCCN(c2ccc(NC(=O)Cc3csc(NC(=O)Cc4cccs4)n3)cn2)C1. The Morgan fingerprint density at radius 2 is 1.97 bits per heavy atom. The molecule has 1 atom stereocenters. The minimum Gasteiger partial charge on any atom is -0.369 e. The number of amides is 3. The van der Waals surface area contributed by atoms with Gasteiger partial charge in [-0.3, -0.25) is 14.4 Å². The number of thiazole rings is 1. The molecule has 1 aliphatic heterocycles. The van der Waals surface area contributed by atoms with E-state index in [1.54, 1.807) is 17.6 Å². The Bertz CT molecular complexity index is 1110. The van der Waals surface area contributed by atoms with Gasteiger partial charge < -0.3 is 21.3 Å². The Morgan fingerprint density at radius 1 is 1.12 bits per heavy atom. The predicted octanol–water partition coefficient (Wildman–Crippen LogP) is 2.66. The van der Waals surface area contributed by atoms with Crippen molar-refractivity contribution in [2.75, 3.05) is 28.6 Å². The van der Waals surface area contributed by atoms with E-state index in [9.17, 15) is 14.4 Å². The second-order valence-corrected chi connectivity index (χ2v) is 9.66. The molecule has 4 rings (SSSR count). The van der Waals surface area contributed by atoms with Crippen molar-refractivity contribution in [3.05, 3.63) is 51.8 Å². The van der Waals surface area contributed by atoms with E-state index in [1.807, 2.05) is 28.5 Å². The average molecular weight is 485 g/mol. The van der Waals surface area contributed by atoms with E-state index in [0.29, 0.717) is 29.5 Å². The summed E-state index contributed by atoms with van der Waals surface area (Å²) in [7, 11) is 0. The number of nitrogens with zero attached hydrogens (tertiary/aromatic N) is 3. The van der Waals surface area contributed by atoms with Gasteiger partial charge in [-0.05, 0) is 36.4 Å². The number of rotatable bonds is 8. The number of piperidine rings is 1. The van der Waals surface area contributed by atoms with E-state index in [-0.39, 0.29) is 30.1 Å². The Kier molecular flexibility index (Phi) is 7.30. The van der Waals surface area contributed by atoms with Gasteiger partial charge in [0.1, 0.15) is 5.82 Å². The molecule has 0 aliphatic carbocycles. The van der Waals surface area contributed by atoms with E-state index in [1.165, 1.54) is 22.7 Å². The minimum absolute atomic E-state index is 0.0888. The van der Waals surface area contributed by atoms with Gasteiger partial charge in [0, 0.05) is 23.3 Å². The van der Waals surface area contributed by atoms with Gasteiger partial charge in [-0.1, -0.05) is 6.07 Å². The van der Waals surface area contributed by atoms with Crippen molar-refractivity contribution in [2.24, 2.45) is 11.7 Å². The summed E-state index contributed by atoms with van der Waals surface area (Å²) < 4.78 is 0. The van der Waals surface area contributed by atoms with Gasteiger partial charge in [0.25, 0.3) is 0 Å². The van der Waals surface area contributed by atoms with E-state index in [0.717, 1.165) is 30.1 Å². The number of nitrogens with two attached hydrogens (primary N) is 1. The minimum atomic E-state index is -0.282. The number of pyridine rings is 1. The molecule has 3 aromatic rings. The molecule has 3 aromatic heterocycles. The highest BCUT2D eigenvalue weighted by Gasteiger charge is 2.24. The highest BCUT2D eigenvalue weighted by atomic mass is 32.1. The molecule has 9 nitrogen and oxygen atoms in total. The molecule has 0 bridgehead atoms. The Labute approximate surface area is 199 Å². The largest absolute Gasteiger partial charge is 0.369 e. The zero-order valence-electron chi connectivity index (χ0n) is 17.8. The Morgan fingerprint density at radius 3 is 2.70 bits per heavy atom. The van der Waals surface area contributed by atoms with Crippen LogP contribution in [0.5, 0.6) is 0 Å². The lowest BCUT2D eigenvalue weighted by Gasteiger charge is -2.32. The number of carbonyl (C=O) groups excluding carboxylic acids is 3. The second-order valence-electron chi connectivity index (χ2n) is 7.77. The Balaban J connectivity index is 1.27. The van der Waals surface area contributed by atoms with Crippen LogP contribution in [0.25, 0.3) is 0 Å². The number of hydrogen-bond donors (Lipinski definition) is 3. The van der Waals surface area contributed by atoms with Crippen molar-refractivity contribution in [2.45, 2.75) is 25.7 Å². The van der Waals surface area contributed by atoms with Crippen LogP contribution in [0.15, 0.2) is 41.2 Å². The smallest absolute Gasteiger partial charge is 0.231 e. The summed E-state index contributed by atoms with van der Waals surface area (Å²) in [5.74, 6) is -0.0523. The van der Waals surface area contributed by atoms with Gasteiger partial charge in [0.05, 0.1) is 36.3 Å². The van der Waals surface area contributed by atoms with Crippen LogP contribution < -0.4 is 21.3 Å². The molecule has 0 saturated carbocycles. The number of nitrogens with one attached hydrogen (secondary N) is 2. The van der Waals surface area contributed by atoms with Gasteiger partial charge in [-0.2, -0.15) is 0 Å². The van der Waals surface area contributed by atoms with E-state index >= 15 is 0 Å². The van der Waals surface area contributed by atoms with Gasteiger partial charge in [-0.15, -0.1) is 22.7 Å². The van der Waals surface area contributed by atoms with E-state index < -0.39 is 0 Å². The summed E-state index contributed by atoms with van der Waals surface area (Å²) >= 11 is 2.82. The van der Waals surface area contributed by atoms with Crippen LogP contribution >= 0.6 is 22.7 Å². The molecule has 4 N–H and O–H groups in total. The first-order chi connectivity index (χ1) is 16.0. The van der Waals surface area contributed by atoms with Crippen LogP contribution in [-0.2, 0) is 27.2 Å². The predicted molar refractivity (Wildman–Crippen MR) is 129 cm³/mol. The maximum Gasteiger partial charge on any atom is 0.231 e. The van der Waals surface area contributed by atoms with Gasteiger partial charge in [0.2, 0.25) is 17.7 Å². The molecule has 1 saturated heterocycles. The molecule has 4 heterocycles. The first-order valence-electron chi connectivity index (χ1n) is 10.5. The average Bonchev–Trinajstić information content (AvgIpc) is 3.46. The summed E-state index contributed by atoms with van der Waals surface area (Å²) in [6.07, 6.45) is 3.68. The normalized spacial score (nSPS) is 15.8. The second kappa shape index (κ2) is 10.5. The maximum atomic E-state index is 12.4. The van der Waals surface area contributed by atoms with E-state index in [2.05, 4.69) is 20.6 Å². The van der Waals surface area contributed by atoms with Gasteiger partial charge in [0.15, 0.2) is 5.13 Å². The van der Waals surface area contributed by atoms with Crippen molar-refractivity contribution < 1.29 is 14.4 Å². The number of carbonyl (C=O) groups is 3. The lowest BCUT2D eigenvalue weighted by molar-refractivity contribution is -0.122. The van der Waals surface area contributed by atoms with Crippen LogP contribution in [0.3, 0.4) is 0 Å². The molecule has 11 heteroatoms. The molecule has 1 aliphatic rings. The molecule has 172 valence electrons. The van der Waals surface area contributed by atoms with Crippen LogP contribution in [0, 0.1) is 5.92 Å². The quantitative estimate of drug-likeness (QED) is 0.451. The summed E-state index contributed by atoms with van der Waals surface area (Å²) in [5.41, 5.74) is 6.60. The summed E-state index contributed by atoms with van der Waals surface area (Å²) in [6.45, 7) is 1.38. The molecule has 1 unspecified atom stereocenters. The van der Waals surface area contributed by atoms with Crippen LogP contribution in [0.2, 0.25) is 0 Å². The monoisotopic (exact) mass is 484 g/mol. The third-order valence-electron chi connectivity index (χ3n) is 5.23. The fourth-order valence-electron chi connectivity index (χ4n) is 3.61. The summed E-state index contributed by atoms with van der Waals surface area (Å²) in [5, 5.41) is 9.74. The number of aromatic nitrogens is 2. The van der Waals surface area contributed by atoms with Crippen LogP contribution in [-0.4, -0.2) is 40.8 Å².